The zero-order chi connectivity index (χ0) is 26.5. The average Bonchev–Trinajstić information content (AvgIpc) is 2.84. The van der Waals surface area contributed by atoms with Crippen LogP contribution in [0, 0.1) is 0 Å². The van der Waals surface area contributed by atoms with Crippen molar-refractivity contribution in [1.29, 1.82) is 0 Å². The van der Waals surface area contributed by atoms with Gasteiger partial charge in [-0.1, -0.05) is 45.0 Å². The van der Waals surface area contributed by atoms with Gasteiger partial charge < -0.3 is 20.3 Å². The molecule has 0 aliphatic carbocycles. The summed E-state index contributed by atoms with van der Waals surface area (Å²) in [6, 6.07) is 7.18. The van der Waals surface area contributed by atoms with Crippen LogP contribution < -0.4 is 10.6 Å². The minimum absolute atomic E-state index is 0.00546. The molecule has 0 aromatic heterocycles. The molecule has 0 bridgehead atoms. The largest absolute Gasteiger partial charge is 0.463 e. The molecule has 2 aliphatic heterocycles. The predicted molar refractivity (Wildman–Crippen MR) is 140 cm³/mol. The first kappa shape index (κ1) is 27.5. The first-order valence-electron chi connectivity index (χ1n) is 12.9. The van der Waals surface area contributed by atoms with E-state index in [0.29, 0.717) is 57.1 Å². The zero-order valence-electron chi connectivity index (χ0n) is 22.5. The van der Waals surface area contributed by atoms with Crippen LogP contribution in [0.1, 0.15) is 58.7 Å². The van der Waals surface area contributed by atoms with Crippen molar-refractivity contribution >= 4 is 18.0 Å². The molecule has 36 heavy (non-hydrogen) atoms. The number of rotatable bonds is 7. The van der Waals surface area contributed by atoms with Crippen LogP contribution in [0.15, 0.2) is 35.5 Å². The Morgan fingerprint density at radius 3 is 2.22 bits per heavy atom. The minimum Gasteiger partial charge on any atom is -0.463 e. The highest BCUT2D eigenvalue weighted by Gasteiger charge is 2.38. The first-order chi connectivity index (χ1) is 17.1. The molecule has 1 aromatic rings. The monoisotopic (exact) mass is 499 g/mol. The fourth-order valence-electron chi connectivity index (χ4n) is 4.67. The van der Waals surface area contributed by atoms with Crippen LogP contribution in [-0.2, 0) is 14.9 Å². The summed E-state index contributed by atoms with van der Waals surface area (Å²) in [5, 5.41) is 5.88. The van der Waals surface area contributed by atoms with Gasteiger partial charge in [0.15, 0.2) is 0 Å². The van der Waals surface area contributed by atoms with Crippen molar-refractivity contribution in [3.63, 3.8) is 0 Å². The van der Waals surface area contributed by atoms with Crippen molar-refractivity contribution in [2.75, 3.05) is 52.4 Å². The van der Waals surface area contributed by atoms with Crippen molar-refractivity contribution in [3.05, 3.63) is 46.7 Å². The van der Waals surface area contributed by atoms with E-state index in [-0.39, 0.29) is 24.1 Å². The lowest BCUT2D eigenvalue weighted by molar-refractivity contribution is -0.139. The quantitative estimate of drug-likeness (QED) is 0.562. The number of hydrogen-bond donors (Lipinski definition) is 2. The van der Waals surface area contributed by atoms with Gasteiger partial charge in [-0.25, -0.2) is 14.4 Å². The van der Waals surface area contributed by atoms with Crippen LogP contribution in [0.25, 0.3) is 0 Å². The predicted octanol–water partition coefficient (Wildman–Crippen LogP) is 3.23. The molecule has 9 heteroatoms. The number of amides is 4. The fraction of sp³-hybridized carbons (Fsp3) is 0.593. The van der Waals surface area contributed by atoms with Crippen LogP contribution in [0.2, 0.25) is 0 Å². The molecule has 1 fully saturated rings. The average molecular weight is 500 g/mol. The number of nitrogens with one attached hydrogen (secondary N) is 2. The van der Waals surface area contributed by atoms with E-state index in [1.165, 1.54) is 5.56 Å². The standard InChI is InChI=1S/C27H41N5O4/c1-7-28-25(34)31-16-14-30(15-17-31)18-21-22(24(33)36-9-3)23(29-26(35)32(21)8-2)19-10-12-20(13-11-19)27(4,5)6/h10-13,23H,7-9,14-18H2,1-6H3,(H,28,34)(H,29,35). The summed E-state index contributed by atoms with van der Waals surface area (Å²) in [4.78, 5) is 44.3. The number of hydrogen-bond acceptors (Lipinski definition) is 5. The van der Waals surface area contributed by atoms with Gasteiger partial charge in [0.25, 0.3) is 0 Å². The maximum absolute atomic E-state index is 13.3. The lowest BCUT2D eigenvalue weighted by atomic mass is 9.85. The molecule has 1 unspecified atom stereocenters. The van der Waals surface area contributed by atoms with Crippen molar-refractivity contribution in [1.82, 2.24) is 25.3 Å². The Morgan fingerprint density at radius 1 is 1.06 bits per heavy atom. The molecule has 0 radical (unpaired) electrons. The molecule has 3 rings (SSSR count). The van der Waals surface area contributed by atoms with Gasteiger partial charge in [0.2, 0.25) is 0 Å². The second-order valence-corrected chi connectivity index (χ2v) is 10.2. The molecular weight excluding hydrogens is 458 g/mol. The van der Waals surface area contributed by atoms with E-state index in [1.54, 1.807) is 16.7 Å². The maximum atomic E-state index is 13.3. The van der Waals surface area contributed by atoms with E-state index in [0.717, 1.165) is 5.56 Å². The number of likely N-dealkylation sites (N-methyl/N-ethyl adjacent to an activating group) is 1. The second-order valence-electron chi connectivity index (χ2n) is 10.2. The van der Waals surface area contributed by atoms with Gasteiger partial charge in [-0.05, 0) is 37.3 Å². The summed E-state index contributed by atoms with van der Waals surface area (Å²) in [5.74, 6) is -0.420. The Morgan fingerprint density at radius 2 is 1.69 bits per heavy atom. The normalized spacial score (nSPS) is 19.3. The highest BCUT2D eigenvalue weighted by Crippen LogP contribution is 2.33. The van der Waals surface area contributed by atoms with Crippen molar-refractivity contribution in [2.45, 2.75) is 53.0 Å². The maximum Gasteiger partial charge on any atom is 0.338 e. The number of ether oxygens (including phenoxy) is 1. The number of benzene rings is 1. The topological polar surface area (TPSA) is 94.2 Å². The van der Waals surface area contributed by atoms with E-state index in [2.05, 4.69) is 48.4 Å². The van der Waals surface area contributed by atoms with Crippen molar-refractivity contribution in [3.8, 4) is 0 Å². The third kappa shape index (κ3) is 6.19. The molecule has 198 valence electrons. The van der Waals surface area contributed by atoms with E-state index < -0.39 is 12.0 Å². The number of urea groups is 2. The minimum atomic E-state index is -0.597. The van der Waals surface area contributed by atoms with Crippen LogP contribution >= 0.6 is 0 Å². The summed E-state index contributed by atoms with van der Waals surface area (Å²) in [5.41, 5.74) is 3.14. The Hall–Kier alpha value is -3.07. The number of esters is 1. The van der Waals surface area contributed by atoms with Crippen molar-refractivity contribution < 1.29 is 19.1 Å². The zero-order valence-corrected chi connectivity index (χ0v) is 22.5. The van der Waals surface area contributed by atoms with Gasteiger partial charge in [0.1, 0.15) is 0 Å². The Bertz CT molecular complexity index is 975. The summed E-state index contributed by atoms with van der Waals surface area (Å²) < 4.78 is 5.48. The molecule has 2 N–H and O–H groups in total. The smallest absolute Gasteiger partial charge is 0.338 e. The summed E-state index contributed by atoms with van der Waals surface area (Å²) in [6.07, 6.45) is 0. The van der Waals surface area contributed by atoms with E-state index in [4.69, 9.17) is 4.74 Å². The lowest BCUT2D eigenvalue weighted by Gasteiger charge is -2.40. The third-order valence-electron chi connectivity index (χ3n) is 6.72. The van der Waals surface area contributed by atoms with E-state index >= 15 is 0 Å². The SMILES string of the molecule is CCNC(=O)N1CCN(CC2=C(C(=O)OCC)C(c3ccc(C(C)(C)C)cc3)NC(=O)N2CC)CC1. The van der Waals surface area contributed by atoms with Crippen molar-refractivity contribution in [2.24, 2.45) is 0 Å². The van der Waals surface area contributed by atoms with Gasteiger partial charge in [-0.3, -0.25) is 9.80 Å². The highest BCUT2D eigenvalue weighted by molar-refractivity contribution is 5.95. The molecule has 2 heterocycles. The second kappa shape index (κ2) is 11.8. The Balaban J connectivity index is 1.95. The molecule has 1 aromatic carbocycles. The van der Waals surface area contributed by atoms with Gasteiger partial charge in [0, 0.05) is 51.5 Å². The van der Waals surface area contributed by atoms with Gasteiger partial charge in [-0.15, -0.1) is 0 Å². The van der Waals surface area contributed by atoms with Gasteiger partial charge >= 0.3 is 18.0 Å². The summed E-state index contributed by atoms with van der Waals surface area (Å²) in [6.45, 7) is 16.2. The molecule has 0 saturated carbocycles. The third-order valence-corrected chi connectivity index (χ3v) is 6.72. The molecule has 0 spiro atoms. The number of carbonyl (C=O) groups is 3. The molecule has 1 atom stereocenters. The van der Waals surface area contributed by atoms with Crippen LogP contribution in [0.4, 0.5) is 9.59 Å². The lowest BCUT2D eigenvalue weighted by Crippen LogP contribution is -2.55. The number of piperazine rings is 1. The van der Waals surface area contributed by atoms with Gasteiger partial charge in [-0.2, -0.15) is 0 Å². The fourth-order valence-corrected chi connectivity index (χ4v) is 4.67. The summed E-state index contributed by atoms with van der Waals surface area (Å²) >= 11 is 0. The Labute approximate surface area is 214 Å². The molecule has 2 aliphatic rings. The number of nitrogens with zero attached hydrogens (tertiary/aromatic N) is 3. The molecule has 4 amide bonds. The molecule has 1 saturated heterocycles. The van der Waals surface area contributed by atoms with Crippen LogP contribution in [-0.4, -0.2) is 85.2 Å². The summed E-state index contributed by atoms with van der Waals surface area (Å²) in [7, 11) is 0. The van der Waals surface area contributed by atoms with Crippen LogP contribution in [0.3, 0.4) is 0 Å². The van der Waals surface area contributed by atoms with E-state index in [1.807, 2.05) is 26.0 Å². The van der Waals surface area contributed by atoms with Gasteiger partial charge in [0.05, 0.1) is 18.2 Å². The first-order valence-corrected chi connectivity index (χ1v) is 12.9. The number of carbonyl (C=O) groups excluding carboxylic acids is 3. The van der Waals surface area contributed by atoms with E-state index in [9.17, 15) is 14.4 Å². The Kier molecular flexibility index (Phi) is 9.00. The highest BCUT2D eigenvalue weighted by atomic mass is 16.5. The van der Waals surface area contributed by atoms with Crippen LogP contribution in [0.5, 0.6) is 0 Å². The molecule has 9 nitrogen and oxygen atoms in total. The molecular formula is C27H41N5O4.